The molecule has 0 aromatic heterocycles. The largest absolute Gasteiger partial charge is 0.484 e. The average molecular weight is 465 g/mol. The van der Waals surface area contributed by atoms with E-state index in [1.807, 2.05) is 45.9 Å². The molecule has 1 atom stereocenters. The van der Waals surface area contributed by atoms with Crippen molar-refractivity contribution in [3.63, 3.8) is 0 Å². The number of nitrogens with zero attached hydrogens (tertiary/aromatic N) is 1. The van der Waals surface area contributed by atoms with Gasteiger partial charge < -0.3 is 15.0 Å². The summed E-state index contributed by atoms with van der Waals surface area (Å²) in [6.07, 6.45) is 0.474. The third-order valence-corrected chi connectivity index (χ3v) is 5.50. The Balaban J connectivity index is 2.22. The van der Waals surface area contributed by atoms with Gasteiger partial charge in [-0.25, -0.2) is 0 Å². The van der Waals surface area contributed by atoms with Crippen molar-refractivity contribution in [2.75, 3.05) is 13.2 Å². The molecule has 2 aromatic carbocycles. The molecule has 5 nitrogen and oxygen atoms in total. The van der Waals surface area contributed by atoms with E-state index in [1.54, 1.807) is 29.2 Å². The third-order valence-electron chi connectivity index (χ3n) is 4.76. The lowest BCUT2D eigenvalue weighted by Gasteiger charge is -2.31. The first-order valence-corrected chi connectivity index (χ1v) is 11.2. The van der Waals surface area contributed by atoms with Gasteiger partial charge in [-0.1, -0.05) is 62.2 Å². The van der Waals surface area contributed by atoms with Crippen LogP contribution in [0.2, 0.25) is 10.0 Å². The molecule has 2 rings (SSSR count). The molecular formula is C24H30Cl2N2O3. The van der Waals surface area contributed by atoms with Gasteiger partial charge in [0.15, 0.2) is 6.61 Å². The van der Waals surface area contributed by atoms with Gasteiger partial charge in [-0.05, 0) is 54.7 Å². The van der Waals surface area contributed by atoms with Crippen molar-refractivity contribution in [2.45, 2.75) is 46.7 Å². The third kappa shape index (κ3) is 7.75. The van der Waals surface area contributed by atoms with Crippen LogP contribution < -0.4 is 10.1 Å². The molecule has 1 N–H and O–H groups in total. The van der Waals surface area contributed by atoms with Crippen LogP contribution in [0, 0.1) is 12.8 Å². The van der Waals surface area contributed by atoms with E-state index in [9.17, 15) is 9.59 Å². The number of halogens is 2. The fourth-order valence-electron chi connectivity index (χ4n) is 3.11. The molecule has 0 aliphatic carbocycles. The first-order chi connectivity index (χ1) is 14.7. The molecule has 2 amide bonds. The van der Waals surface area contributed by atoms with Crippen LogP contribution in [0.25, 0.3) is 0 Å². The van der Waals surface area contributed by atoms with Crippen LogP contribution in [0.5, 0.6) is 5.75 Å². The fourth-order valence-corrected chi connectivity index (χ4v) is 3.43. The smallest absolute Gasteiger partial charge is 0.261 e. The summed E-state index contributed by atoms with van der Waals surface area (Å²) in [5, 5.41) is 3.78. The van der Waals surface area contributed by atoms with Crippen molar-refractivity contribution in [1.29, 1.82) is 0 Å². The second-order valence-corrected chi connectivity index (χ2v) is 8.75. The molecule has 7 heteroatoms. The maximum absolute atomic E-state index is 13.2. The summed E-state index contributed by atoms with van der Waals surface area (Å²) < 4.78 is 5.71. The van der Waals surface area contributed by atoms with Crippen molar-refractivity contribution in [2.24, 2.45) is 5.92 Å². The maximum atomic E-state index is 13.2. The summed E-state index contributed by atoms with van der Waals surface area (Å²) in [5.74, 6) is 0.463. The highest BCUT2D eigenvalue weighted by atomic mass is 35.5. The van der Waals surface area contributed by atoms with Gasteiger partial charge in [-0.3, -0.25) is 9.59 Å². The van der Waals surface area contributed by atoms with Crippen molar-refractivity contribution in [3.05, 3.63) is 63.6 Å². The number of benzene rings is 2. The fraction of sp³-hybridized carbons (Fsp3) is 0.417. The predicted octanol–water partition coefficient (Wildman–Crippen LogP) is 5.26. The summed E-state index contributed by atoms with van der Waals surface area (Å²) >= 11 is 12.2. The predicted molar refractivity (Wildman–Crippen MR) is 126 cm³/mol. The molecule has 2 aromatic rings. The van der Waals surface area contributed by atoms with Crippen LogP contribution >= 0.6 is 23.2 Å². The Morgan fingerprint density at radius 1 is 1.10 bits per heavy atom. The Bertz CT molecular complexity index is 902. The van der Waals surface area contributed by atoms with Gasteiger partial charge in [0, 0.05) is 13.1 Å². The van der Waals surface area contributed by atoms with Gasteiger partial charge in [-0.15, -0.1) is 0 Å². The van der Waals surface area contributed by atoms with Gasteiger partial charge in [0.05, 0.1) is 10.0 Å². The Morgan fingerprint density at radius 3 is 2.45 bits per heavy atom. The SMILES string of the molecule is CC[C@@H](C(=O)NCC(C)C)N(Cc1ccc(Cl)c(Cl)c1)C(=O)COc1cccc(C)c1. The van der Waals surface area contributed by atoms with Crippen LogP contribution in [-0.4, -0.2) is 35.9 Å². The van der Waals surface area contributed by atoms with Gasteiger partial charge >= 0.3 is 0 Å². The summed E-state index contributed by atoms with van der Waals surface area (Å²) in [5.41, 5.74) is 1.82. The molecular weight excluding hydrogens is 435 g/mol. The minimum atomic E-state index is -0.623. The quantitative estimate of drug-likeness (QED) is 0.521. The molecule has 168 valence electrons. The molecule has 0 saturated carbocycles. The minimum Gasteiger partial charge on any atom is -0.484 e. The second kappa shape index (κ2) is 12.0. The first kappa shape index (κ1) is 25.0. The monoisotopic (exact) mass is 464 g/mol. The molecule has 0 fully saturated rings. The Kier molecular flexibility index (Phi) is 9.66. The van der Waals surface area contributed by atoms with Crippen molar-refractivity contribution in [1.82, 2.24) is 10.2 Å². The first-order valence-electron chi connectivity index (χ1n) is 10.4. The van der Waals surface area contributed by atoms with Gasteiger partial charge in [0.1, 0.15) is 11.8 Å². The highest BCUT2D eigenvalue weighted by Crippen LogP contribution is 2.24. The van der Waals surface area contributed by atoms with Crippen LogP contribution in [-0.2, 0) is 16.1 Å². The maximum Gasteiger partial charge on any atom is 0.261 e. The molecule has 0 unspecified atom stereocenters. The molecule has 31 heavy (non-hydrogen) atoms. The van der Waals surface area contributed by atoms with Crippen molar-refractivity contribution < 1.29 is 14.3 Å². The van der Waals surface area contributed by atoms with E-state index in [1.165, 1.54) is 0 Å². The summed E-state index contributed by atoms with van der Waals surface area (Å²) in [6.45, 7) is 8.49. The topological polar surface area (TPSA) is 58.6 Å². The van der Waals surface area contributed by atoms with Crippen LogP contribution in [0.4, 0.5) is 0 Å². The highest BCUT2D eigenvalue weighted by Gasteiger charge is 2.29. The number of hydrogen-bond acceptors (Lipinski definition) is 3. The zero-order valence-electron chi connectivity index (χ0n) is 18.5. The van der Waals surface area contributed by atoms with Crippen LogP contribution in [0.15, 0.2) is 42.5 Å². The number of carbonyl (C=O) groups excluding carboxylic acids is 2. The molecule has 0 spiro atoms. The molecule has 0 saturated heterocycles. The Morgan fingerprint density at radius 2 is 1.84 bits per heavy atom. The van der Waals surface area contributed by atoms with E-state index >= 15 is 0 Å². The number of hydrogen-bond donors (Lipinski definition) is 1. The number of amides is 2. The van der Waals surface area contributed by atoms with E-state index in [-0.39, 0.29) is 25.0 Å². The minimum absolute atomic E-state index is 0.168. The highest BCUT2D eigenvalue weighted by molar-refractivity contribution is 6.42. The second-order valence-electron chi connectivity index (χ2n) is 7.94. The van der Waals surface area contributed by atoms with Crippen molar-refractivity contribution in [3.8, 4) is 5.75 Å². The summed E-state index contributed by atoms with van der Waals surface area (Å²) in [6, 6.07) is 12.1. The standard InChI is InChI=1S/C24H30Cl2N2O3/c1-5-22(24(30)27-13-16(2)3)28(14-18-9-10-20(25)21(26)12-18)23(29)15-31-19-8-6-7-17(4)11-19/h6-12,16,22H,5,13-15H2,1-4H3,(H,27,30)/t22-/m0/s1. The number of aryl methyl sites for hydroxylation is 1. The van der Waals surface area contributed by atoms with E-state index in [2.05, 4.69) is 5.32 Å². The number of rotatable bonds is 10. The summed E-state index contributed by atoms with van der Waals surface area (Å²) in [4.78, 5) is 27.6. The molecule has 0 aliphatic rings. The Hall–Kier alpha value is -2.24. The average Bonchev–Trinajstić information content (AvgIpc) is 2.73. The zero-order valence-corrected chi connectivity index (χ0v) is 20.0. The number of nitrogens with one attached hydrogen (secondary N) is 1. The van der Waals surface area contributed by atoms with E-state index in [0.717, 1.165) is 11.1 Å². The molecule has 0 bridgehead atoms. The Labute approximate surface area is 194 Å². The van der Waals surface area contributed by atoms with Crippen molar-refractivity contribution >= 4 is 35.0 Å². The molecule has 0 heterocycles. The summed E-state index contributed by atoms with van der Waals surface area (Å²) in [7, 11) is 0. The van der Waals surface area contributed by atoms with Gasteiger partial charge in [0.25, 0.3) is 5.91 Å². The van der Waals surface area contributed by atoms with Gasteiger partial charge in [-0.2, -0.15) is 0 Å². The number of carbonyl (C=O) groups is 2. The normalized spacial score (nSPS) is 11.8. The lowest BCUT2D eigenvalue weighted by Crippen LogP contribution is -2.50. The van der Waals surface area contributed by atoms with Crippen LogP contribution in [0.1, 0.15) is 38.3 Å². The number of ether oxygens (including phenoxy) is 1. The van der Waals surface area contributed by atoms with E-state index in [0.29, 0.717) is 34.7 Å². The lowest BCUT2D eigenvalue weighted by molar-refractivity contribution is -0.143. The lowest BCUT2D eigenvalue weighted by atomic mass is 10.1. The molecule has 0 radical (unpaired) electrons. The van der Waals surface area contributed by atoms with Gasteiger partial charge in [0.2, 0.25) is 5.91 Å². The van der Waals surface area contributed by atoms with E-state index in [4.69, 9.17) is 27.9 Å². The molecule has 0 aliphatic heterocycles. The zero-order chi connectivity index (χ0) is 23.0. The van der Waals surface area contributed by atoms with E-state index < -0.39 is 6.04 Å². The van der Waals surface area contributed by atoms with Crippen LogP contribution in [0.3, 0.4) is 0 Å².